The first-order valence-electron chi connectivity index (χ1n) is 6.88. The fourth-order valence-corrected chi connectivity index (χ4v) is 3.60. The normalized spacial score (nSPS) is 10.6. The molecular formula is C17H16N2S2. The van der Waals surface area contributed by atoms with Crippen molar-refractivity contribution >= 4 is 43.1 Å². The van der Waals surface area contributed by atoms with Crippen LogP contribution in [0, 0.1) is 6.92 Å². The highest BCUT2D eigenvalue weighted by Crippen LogP contribution is 2.19. The largest absolute Gasteiger partial charge is 0.245 e. The summed E-state index contributed by atoms with van der Waals surface area (Å²) in [6, 6.07) is 12.7. The van der Waals surface area contributed by atoms with E-state index in [1.807, 2.05) is 11.0 Å². The molecule has 0 spiro atoms. The van der Waals surface area contributed by atoms with Gasteiger partial charge in [-0.3, -0.25) is 0 Å². The number of aryl methyl sites for hydroxylation is 2. The van der Waals surface area contributed by atoms with Gasteiger partial charge in [-0.05, 0) is 48.7 Å². The van der Waals surface area contributed by atoms with Crippen molar-refractivity contribution in [2.75, 3.05) is 0 Å². The average molecular weight is 312 g/mol. The van der Waals surface area contributed by atoms with Gasteiger partial charge in [-0.25, -0.2) is 9.97 Å². The smallest absolute Gasteiger partial charge is 0.0812 e. The molecule has 0 aliphatic rings. The van der Waals surface area contributed by atoms with Crippen molar-refractivity contribution in [3.05, 3.63) is 58.5 Å². The third-order valence-corrected chi connectivity index (χ3v) is 4.87. The Kier molecular flexibility index (Phi) is 4.27. The second-order valence-corrected chi connectivity index (χ2v) is 6.60. The van der Waals surface area contributed by atoms with Crippen LogP contribution in [0.2, 0.25) is 0 Å². The van der Waals surface area contributed by atoms with Crippen LogP contribution in [0.15, 0.2) is 47.4 Å². The van der Waals surface area contributed by atoms with Crippen LogP contribution in [0.5, 0.6) is 0 Å². The number of fused-ring (bicyclic) bond motifs is 2. The molecule has 0 aliphatic carbocycles. The van der Waals surface area contributed by atoms with Gasteiger partial charge >= 0.3 is 0 Å². The SMILES string of the molecule is CCc1ccc2ncsc2c1.Cc1ccc2ncsc2c1. The maximum absolute atomic E-state index is 4.21. The predicted molar refractivity (Wildman–Crippen MR) is 93.4 cm³/mol. The minimum absolute atomic E-state index is 1.10. The maximum atomic E-state index is 4.21. The zero-order valence-corrected chi connectivity index (χ0v) is 13.7. The fourth-order valence-electron chi connectivity index (χ4n) is 2.08. The lowest BCUT2D eigenvalue weighted by molar-refractivity contribution is 1.15. The van der Waals surface area contributed by atoms with Gasteiger partial charge in [0, 0.05) is 0 Å². The van der Waals surface area contributed by atoms with Crippen LogP contribution in [0.3, 0.4) is 0 Å². The molecule has 0 saturated heterocycles. The zero-order valence-electron chi connectivity index (χ0n) is 12.0. The monoisotopic (exact) mass is 312 g/mol. The van der Waals surface area contributed by atoms with Gasteiger partial charge in [0.05, 0.1) is 31.5 Å². The molecule has 0 unspecified atom stereocenters. The molecule has 0 radical (unpaired) electrons. The molecule has 2 aromatic heterocycles. The van der Waals surface area contributed by atoms with E-state index < -0.39 is 0 Å². The van der Waals surface area contributed by atoms with Crippen molar-refractivity contribution in [1.29, 1.82) is 0 Å². The van der Waals surface area contributed by atoms with E-state index in [1.54, 1.807) is 22.7 Å². The summed E-state index contributed by atoms with van der Waals surface area (Å²) in [4.78, 5) is 8.39. The standard InChI is InChI=1S/C9H9NS.C8H7NS/c1-2-7-3-4-8-9(5-7)11-6-10-8;1-6-2-3-7-8(4-6)10-5-9-7/h3-6H,2H2,1H3;2-5H,1H3. The average Bonchev–Trinajstić information content (AvgIpc) is 3.15. The molecule has 2 nitrogen and oxygen atoms in total. The van der Waals surface area contributed by atoms with Crippen molar-refractivity contribution in [2.24, 2.45) is 0 Å². The number of hydrogen-bond acceptors (Lipinski definition) is 4. The first-order chi connectivity index (χ1) is 10.3. The van der Waals surface area contributed by atoms with Gasteiger partial charge in [0.25, 0.3) is 0 Å². The molecule has 4 rings (SSSR count). The predicted octanol–water partition coefficient (Wildman–Crippen LogP) is 5.46. The molecule has 0 amide bonds. The highest BCUT2D eigenvalue weighted by atomic mass is 32.1. The summed E-state index contributed by atoms with van der Waals surface area (Å²) in [5.41, 5.74) is 8.69. The molecule has 4 heteroatoms. The molecule has 4 aromatic rings. The highest BCUT2D eigenvalue weighted by molar-refractivity contribution is 7.17. The number of benzene rings is 2. The Morgan fingerprint density at radius 3 is 2.14 bits per heavy atom. The van der Waals surface area contributed by atoms with E-state index in [1.165, 1.54) is 20.5 Å². The zero-order chi connectivity index (χ0) is 14.7. The Bertz CT molecular complexity index is 861. The number of hydrogen-bond donors (Lipinski definition) is 0. The first kappa shape index (κ1) is 14.2. The molecule has 0 fully saturated rings. The van der Waals surface area contributed by atoms with Crippen LogP contribution >= 0.6 is 22.7 Å². The molecule has 0 bridgehead atoms. The topological polar surface area (TPSA) is 25.8 Å². The van der Waals surface area contributed by atoms with E-state index in [4.69, 9.17) is 0 Å². The number of aromatic nitrogens is 2. The van der Waals surface area contributed by atoms with Crippen LogP contribution in [-0.2, 0) is 6.42 Å². The van der Waals surface area contributed by atoms with Gasteiger partial charge in [0.1, 0.15) is 0 Å². The van der Waals surface area contributed by atoms with E-state index in [0.29, 0.717) is 0 Å². The van der Waals surface area contributed by atoms with Crippen LogP contribution in [0.4, 0.5) is 0 Å². The maximum Gasteiger partial charge on any atom is 0.0812 e. The van der Waals surface area contributed by atoms with Crippen molar-refractivity contribution in [2.45, 2.75) is 20.3 Å². The lowest BCUT2D eigenvalue weighted by Crippen LogP contribution is -1.76. The second kappa shape index (κ2) is 6.33. The minimum atomic E-state index is 1.10. The van der Waals surface area contributed by atoms with E-state index in [-0.39, 0.29) is 0 Å². The summed E-state index contributed by atoms with van der Waals surface area (Å²) in [5, 5.41) is 0. The number of nitrogens with zero attached hydrogens (tertiary/aromatic N) is 2. The van der Waals surface area contributed by atoms with Crippen LogP contribution < -0.4 is 0 Å². The summed E-state index contributed by atoms with van der Waals surface area (Å²) >= 11 is 3.40. The Hall–Kier alpha value is -1.78. The molecule has 106 valence electrons. The molecule has 0 aliphatic heterocycles. The van der Waals surface area contributed by atoms with Gasteiger partial charge in [-0.2, -0.15) is 0 Å². The van der Waals surface area contributed by atoms with Gasteiger partial charge in [0.2, 0.25) is 0 Å². The summed E-state index contributed by atoms with van der Waals surface area (Å²) in [6.07, 6.45) is 1.10. The summed E-state index contributed by atoms with van der Waals surface area (Å²) in [5.74, 6) is 0. The molecule has 21 heavy (non-hydrogen) atoms. The number of rotatable bonds is 1. The van der Waals surface area contributed by atoms with Crippen LogP contribution in [0.25, 0.3) is 20.4 Å². The molecular weight excluding hydrogens is 296 g/mol. The van der Waals surface area contributed by atoms with Crippen molar-refractivity contribution in [3.8, 4) is 0 Å². The first-order valence-corrected chi connectivity index (χ1v) is 8.64. The van der Waals surface area contributed by atoms with E-state index in [0.717, 1.165) is 17.5 Å². The lowest BCUT2D eigenvalue weighted by Gasteiger charge is -1.93. The Balaban J connectivity index is 0.000000126. The van der Waals surface area contributed by atoms with Gasteiger partial charge in [-0.15, -0.1) is 22.7 Å². The summed E-state index contributed by atoms with van der Waals surface area (Å²) < 4.78 is 2.57. The Labute approximate surface area is 132 Å². The van der Waals surface area contributed by atoms with Crippen LogP contribution in [-0.4, -0.2) is 9.97 Å². The quantitative estimate of drug-likeness (QED) is 0.466. The van der Waals surface area contributed by atoms with Gasteiger partial charge < -0.3 is 0 Å². The van der Waals surface area contributed by atoms with E-state index in [2.05, 4.69) is 60.2 Å². The molecule has 2 heterocycles. The van der Waals surface area contributed by atoms with Crippen molar-refractivity contribution < 1.29 is 0 Å². The third-order valence-electron chi connectivity index (χ3n) is 3.29. The Morgan fingerprint density at radius 1 is 0.857 bits per heavy atom. The third kappa shape index (κ3) is 3.28. The van der Waals surface area contributed by atoms with Crippen molar-refractivity contribution in [1.82, 2.24) is 9.97 Å². The van der Waals surface area contributed by atoms with Gasteiger partial charge in [0.15, 0.2) is 0 Å². The molecule has 0 N–H and O–H groups in total. The lowest BCUT2D eigenvalue weighted by atomic mass is 10.2. The van der Waals surface area contributed by atoms with E-state index in [9.17, 15) is 0 Å². The second-order valence-electron chi connectivity index (χ2n) is 4.83. The summed E-state index contributed by atoms with van der Waals surface area (Å²) in [7, 11) is 0. The fraction of sp³-hybridized carbons (Fsp3) is 0.176. The van der Waals surface area contributed by atoms with Gasteiger partial charge in [-0.1, -0.05) is 19.1 Å². The van der Waals surface area contributed by atoms with Crippen molar-refractivity contribution in [3.63, 3.8) is 0 Å². The Morgan fingerprint density at radius 2 is 1.48 bits per heavy atom. The minimum Gasteiger partial charge on any atom is -0.245 e. The molecule has 2 aromatic carbocycles. The van der Waals surface area contributed by atoms with Crippen LogP contribution in [0.1, 0.15) is 18.1 Å². The van der Waals surface area contributed by atoms with E-state index >= 15 is 0 Å². The molecule has 0 atom stereocenters. The number of thiazole rings is 2. The highest BCUT2D eigenvalue weighted by Gasteiger charge is 1.96. The summed E-state index contributed by atoms with van der Waals surface area (Å²) in [6.45, 7) is 4.27. The molecule has 0 saturated carbocycles.